The van der Waals surface area contributed by atoms with Crippen LogP contribution >= 0.6 is 11.6 Å². The molecule has 0 bridgehead atoms. The molecule has 1 aromatic rings. The average molecular weight is 262 g/mol. The second kappa shape index (κ2) is 4.63. The van der Waals surface area contributed by atoms with Crippen LogP contribution in [-0.2, 0) is 9.84 Å². The van der Waals surface area contributed by atoms with E-state index in [9.17, 15) is 8.42 Å². The summed E-state index contributed by atoms with van der Waals surface area (Å²) in [5.41, 5.74) is 0.751. The summed E-state index contributed by atoms with van der Waals surface area (Å²) in [6, 6.07) is 7.26. The molecule has 0 heterocycles. The van der Waals surface area contributed by atoms with Gasteiger partial charge in [0.25, 0.3) is 0 Å². The van der Waals surface area contributed by atoms with Crippen molar-refractivity contribution in [2.24, 2.45) is 0 Å². The molecule has 16 heavy (non-hydrogen) atoms. The SMILES string of the molecule is CC(C)(CNc1ccccc1Cl)S(C)(=O)=O. The summed E-state index contributed by atoms with van der Waals surface area (Å²) >= 11 is 5.96. The molecule has 0 atom stereocenters. The van der Waals surface area contributed by atoms with Crippen LogP contribution in [0.1, 0.15) is 13.8 Å². The van der Waals surface area contributed by atoms with Crippen molar-refractivity contribution in [1.29, 1.82) is 0 Å². The number of halogens is 1. The van der Waals surface area contributed by atoms with Gasteiger partial charge in [-0.1, -0.05) is 23.7 Å². The van der Waals surface area contributed by atoms with Crippen LogP contribution in [0.25, 0.3) is 0 Å². The fraction of sp³-hybridized carbons (Fsp3) is 0.455. The largest absolute Gasteiger partial charge is 0.382 e. The van der Waals surface area contributed by atoms with Gasteiger partial charge in [-0.25, -0.2) is 8.42 Å². The minimum Gasteiger partial charge on any atom is -0.382 e. The zero-order valence-electron chi connectivity index (χ0n) is 9.62. The molecule has 0 aliphatic heterocycles. The van der Waals surface area contributed by atoms with E-state index in [2.05, 4.69) is 5.32 Å². The lowest BCUT2D eigenvalue weighted by Crippen LogP contribution is -2.38. The third-order valence-electron chi connectivity index (χ3n) is 2.58. The van der Waals surface area contributed by atoms with Crippen molar-refractivity contribution in [3.63, 3.8) is 0 Å². The Morgan fingerprint density at radius 1 is 1.31 bits per heavy atom. The molecule has 0 aliphatic rings. The number of sulfone groups is 1. The van der Waals surface area contributed by atoms with E-state index < -0.39 is 14.6 Å². The van der Waals surface area contributed by atoms with Gasteiger partial charge in [-0.3, -0.25) is 0 Å². The molecule has 0 saturated carbocycles. The topological polar surface area (TPSA) is 46.2 Å². The molecule has 0 fully saturated rings. The van der Waals surface area contributed by atoms with E-state index in [1.165, 1.54) is 6.26 Å². The Bertz CT molecular complexity index is 469. The van der Waals surface area contributed by atoms with Gasteiger partial charge < -0.3 is 5.32 Å². The van der Waals surface area contributed by atoms with Gasteiger partial charge in [0.15, 0.2) is 9.84 Å². The molecular formula is C11H16ClNO2S. The fourth-order valence-electron chi connectivity index (χ4n) is 1.04. The van der Waals surface area contributed by atoms with Crippen LogP contribution in [0.4, 0.5) is 5.69 Å². The number of para-hydroxylation sites is 1. The van der Waals surface area contributed by atoms with Crippen molar-refractivity contribution >= 4 is 27.1 Å². The molecular weight excluding hydrogens is 246 g/mol. The van der Waals surface area contributed by atoms with Crippen molar-refractivity contribution < 1.29 is 8.42 Å². The lowest BCUT2D eigenvalue weighted by Gasteiger charge is -2.23. The molecule has 0 saturated heterocycles. The van der Waals surface area contributed by atoms with Crippen molar-refractivity contribution in [2.75, 3.05) is 18.1 Å². The maximum absolute atomic E-state index is 11.5. The Kier molecular flexibility index (Phi) is 3.86. The summed E-state index contributed by atoms with van der Waals surface area (Å²) in [6.07, 6.45) is 1.24. The standard InChI is InChI=1S/C11H16ClNO2S/c1-11(2,16(3,14)15)8-13-10-7-5-4-6-9(10)12/h4-7,13H,8H2,1-3H3. The minimum absolute atomic E-state index is 0.329. The minimum atomic E-state index is -3.09. The molecule has 0 radical (unpaired) electrons. The molecule has 0 spiro atoms. The molecule has 0 aliphatic carbocycles. The number of hydrogen-bond acceptors (Lipinski definition) is 3. The summed E-state index contributed by atoms with van der Waals surface area (Å²) in [5, 5.41) is 3.64. The smallest absolute Gasteiger partial charge is 0.154 e. The molecule has 5 heteroatoms. The summed E-state index contributed by atoms with van der Waals surface area (Å²) < 4.78 is 22.2. The fourth-order valence-corrected chi connectivity index (χ4v) is 1.58. The lowest BCUT2D eigenvalue weighted by atomic mass is 10.2. The molecule has 1 aromatic carbocycles. The first-order valence-corrected chi connectivity index (χ1v) is 7.19. The van der Waals surface area contributed by atoms with Crippen LogP contribution in [0.15, 0.2) is 24.3 Å². The van der Waals surface area contributed by atoms with E-state index in [-0.39, 0.29) is 0 Å². The zero-order chi connectivity index (χ0) is 12.4. The van der Waals surface area contributed by atoms with E-state index in [1.54, 1.807) is 19.9 Å². The number of anilines is 1. The van der Waals surface area contributed by atoms with E-state index >= 15 is 0 Å². The third kappa shape index (κ3) is 3.12. The molecule has 0 aromatic heterocycles. The van der Waals surface area contributed by atoms with Gasteiger partial charge >= 0.3 is 0 Å². The van der Waals surface area contributed by atoms with Crippen LogP contribution in [0.2, 0.25) is 5.02 Å². The Morgan fingerprint density at radius 3 is 2.38 bits per heavy atom. The third-order valence-corrected chi connectivity index (χ3v) is 5.06. The quantitative estimate of drug-likeness (QED) is 0.906. The summed E-state index contributed by atoms with van der Waals surface area (Å²) in [4.78, 5) is 0. The maximum Gasteiger partial charge on any atom is 0.154 e. The average Bonchev–Trinajstić information content (AvgIpc) is 2.15. The first-order chi connectivity index (χ1) is 7.24. The molecule has 0 unspecified atom stereocenters. The van der Waals surface area contributed by atoms with Crippen molar-refractivity contribution in [3.05, 3.63) is 29.3 Å². The number of benzene rings is 1. The van der Waals surface area contributed by atoms with Gasteiger partial charge in [0, 0.05) is 12.8 Å². The van der Waals surface area contributed by atoms with Gasteiger partial charge in [0.2, 0.25) is 0 Å². The first-order valence-electron chi connectivity index (χ1n) is 4.92. The van der Waals surface area contributed by atoms with Gasteiger partial charge in [-0.2, -0.15) is 0 Å². The number of nitrogens with one attached hydrogen (secondary N) is 1. The Labute approximate surface area is 102 Å². The van der Waals surface area contributed by atoms with Crippen molar-refractivity contribution in [3.8, 4) is 0 Å². The van der Waals surface area contributed by atoms with Gasteiger partial charge in [-0.05, 0) is 26.0 Å². The molecule has 3 nitrogen and oxygen atoms in total. The van der Waals surface area contributed by atoms with Crippen LogP contribution in [-0.4, -0.2) is 26.0 Å². The summed E-state index contributed by atoms with van der Waals surface area (Å²) in [6.45, 7) is 3.70. The molecule has 1 rings (SSSR count). The second-order valence-electron chi connectivity index (χ2n) is 4.37. The predicted molar refractivity (Wildman–Crippen MR) is 68.9 cm³/mol. The zero-order valence-corrected chi connectivity index (χ0v) is 11.2. The van der Waals surface area contributed by atoms with Crippen LogP contribution in [0, 0.1) is 0 Å². The molecule has 1 N–H and O–H groups in total. The highest BCUT2D eigenvalue weighted by atomic mass is 35.5. The second-order valence-corrected chi connectivity index (χ2v) is 7.42. The Balaban J connectivity index is 2.77. The van der Waals surface area contributed by atoms with Crippen LogP contribution < -0.4 is 5.32 Å². The predicted octanol–water partition coefficient (Wildman–Crippen LogP) is 2.58. The van der Waals surface area contributed by atoms with E-state index in [4.69, 9.17) is 11.6 Å². The molecule has 90 valence electrons. The van der Waals surface area contributed by atoms with E-state index in [1.807, 2.05) is 18.2 Å². The van der Waals surface area contributed by atoms with Gasteiger partial charge in [0.1, 0.15) is 0 Å². The van der Waals surface area contributed by atoms with Crippen molar-refractivity contribution in [2.45, 2.75) is 18.6 Å². The monoisotopic (exact) mass is 261 g/mol. The Morgan fingerprint density at radius 2 is 1.88 bits per heavy atom. The van der Waals surface area contributed by atoms with Crippen LogP contribution in [0.5, 0.6) is 0 Å². The maximum atomic E-state index is 11.5. The van der Waals surface area contributed by atoms with Crippen LogP contribution in [0.3, 0.4) is 0 Å². The normalized spacial score (nSPS) is 12.5. The summed E-state index contributed by atoms with van der Waals surface area (Å²) in [7, 11) is -3.09. The highest BCUT2D eigenvalue weighted by molar-refractivity contribution is 7.92. The Hall–Kier alpha value is -0.740. The first kappa shape index (κ1) is 13.3. The number of hydrogen-bond donors (Lipinski definition) is 1. The van der Waals surface area contributed by atoms with Gasteiger partial charge in [0.05, 0.1) is 15.5 Å². The van der Waals surface area contributed by atoms with Gasteiger partial charge in [-0.15, -0.1) is 0 Å². The number of rotatable bonds is 4. The summed E-state index contributed by atoms with van der Waals surface area (Å²) in [5.74, 6) is 0. The van der Waals surface area contributed by atoms with E-state index in [0.717, 1.165) is 5.69 Å². The van der Waals surface area contributed by atoms with E-state index in [0.29, 0.717) is 11.6 Å². The highest BCUT2D eigenvalue weighted by Crippen LogP contribution is 2.22. The highest BCUT2D eigenvalue weighted by Gasteiger charge is 2.29. The molecule has 0 amide bonds. The lowest BCUT2D eigenvalue weighted by molar-refractivity contribution is 0.560. The van der Waals surface area contributed by atoms with Crippen molar-refractivity contribution in [1.82, 2.24) is 0 Å².